The Bertz CT molecular complexity index is 507. The van der Waals surface area contributed by atoms with Crippen LogP contribution < -0.4 is 17.2 Å². The van der Waals surface area contributed by atoms with Gasteiger partial charge in [-0.3, -0.25) is 4.79 Å². The Labute approximate surface area is 144 Å². The Morgan fingerprint density at radius 1 is 1.12 bits per heavy atom. The third-order valence-electron chi connectivity index (χ3n) is 5.32. The Balaban J connectivity index is 2.15. The van der Waals surface area contributed by atoms with Gasteiger partial charge in [0.25, 0.3) is 0 Å². The van der Waals surface area contributed by atoms with Crippen molar-refractivity contribution < 1.29 is 9.53 Å². The van der Waals surface area contributed by atoms with Gasteiger partial charge in [-0.2, -0.15) is 0 Å². The van der Waals surface area contributed by atoms with Gasteiger partial charge in [-0.25, -0.2) is 0 Å². The molecule has 1 atom stereocenters. The topological polar surface area (TPSA) is 111 Å². The molecular formula is C17H31N5O2. The minimum Gasteiger partial charge on any atom is -0.402 e. The first kappa shape index (κ1) is 18.6. The third-order valence-corrected chi connectivity index (χ3v) is 5.32. The van der Waals surface area contributed by atoms with Gasteiger partial charge < -0.3 is 31.7 Å². The molecule has 2 saturated heterocycles. The first-order valence-corrected chi connectivity index (χ1v) is 8.59. The highest BCUT2D eigenvalue weighted by molar-refractivity contribution is 5.81. The van der Waals surface area contributed by atoms with E-state index in [1.807, 2.05) is 19.1 Å². The Hall–Kier alpha value is -1.73. The number of nitrogens with two attached hydrogens (primary N) is 3. The Morgan fingerprint density at radius 2 is 1.79 bits per heavy atom. The average Bonchev–Trinajstić information content (AvgIpc) is 2.75. The zero-order chi connectivity index (χ0) is 17.7. The minimum atomic E-state index is -0.505. The second-order valence-corrected chi connectivity index (χ2v) is 6.91. The lowest BCUT2D eigenvalue weighted by Gasteiger charge is -2.44. The maximum Gasteiger partial charge on any atom is 0.225 e. The van der Waals surface area contributed by atoms with Crippen LogP contribution >= 0.6 is 0 Å². The van der Waals surface area contributed by atoms with Gasteiger partial charge in [0.15, 0.2) is 0 Å². The van der Waals surface area contributed by atoms with Crippen LogP contribution in [0.25, 0.3) is 0 Å². The molecular weight excluding hydrogens is 306 g/mol. The summed E-state index contributed by atoms with van der Waals surface area (Å²) in [5.74, 6) is 0.496. The summed E-state index contributed by atoms with van der Waals surface area (Å²) in [4.78, 5) is 16.7. The van der Waals surface area contributed by atoms with Crippen molar-refractivity contribution in [2.24, 2.45) is 22.6 Å². The highest BCUT2D eigenvalue weighted by atomic mass is 16.5. The van der Waals surface area contributed by atoms with Gasteiger partial charge in [-0.1, -0.05) is 0 Å². The van der Waals surface area contributed by atoms with Crippen molar-refractivity contribution in [3.63, 3.8) is 0 Å². The van der Waals surface area contributed by atoms with Crippen LogP contribution in [0.3, 0.4) is 0 Å². The standard InChI is InChI=1S/C17H31N5O2/c1-13(18)3-4-15(19)22-8-5-14(21(2)9-10-22)17(16(20)23)6-11-24-12-7-17/h3-4,14H,5-12,18-19H2,1-2H3,(H2,20,23)/b13-3-,15-4+. The van der Waals surface area contributed by atoms with Gasteiger partial charge in [0, 0.05) is 44.6 Å². The summed E-state index contributed by atoms with van der Waals surface area (Å²) in [7, 11) is 2.07. The summed E-state index contributed by atoms with van der Waals surface area (Å²) in [6, 6.07) is 0.114. The fraction of sp³-hybridized carbons (Fsp3) is 0.706. The van der Waals surface area contributed by atoms with Gasteiger partial charge in [-0.05, 0) is 45.4 Å². The molecule has 0 aromatic heterocycles. The number of likely N-dealkylation sites (N-methyl/N-ethyl adjacent to an activating group) is 1. The molecule has 0 aromatic carbocycles. The van der Waals surface area contributed by atoms with Crippen LogP contribution in [-0.4, -0.2) is 61.6 Å². The van der Waals surface area contributed by atoms with Crippen molar-refractivity contribution in [1.29, 1.82) is 0 Å². The molecule has 2 aliphatic heterocycles. The Kier molecular flexibility index (Phi) is 6.12. The number of primary amides is 1. The van der Waals surface area contributed by atoms with E-state index in [0.29, 0.717) is 31.9 Å². The van der Waals surface area contributed by atoms with E-state index in [1.54, 1.807) is 0 Å². The summed E-state index contributed by atoms with van der Waals surface area (Å²) in [6.45, 7) is 5.47. The molecule has 2 aliphatic rings. The largest absolute Gasteiger partial charge is 0.402 e. The van der Waals surface area contributed by atoms with Gasteiger partial charge >= 0.3 is 0 Å². The van der Waals surface area contributed by atoms with Crippen LogP contribution in [0, 0.1) is 5.41 Å². The first-order chi connectivity index (χ1) is 11.4. The SMILES string of the molecule is C/C(N)=C/C=C(\N)N1CCC(C2(C(N)=O)CCOCC2)N(C)CC1. The molecule has 0 bridgehead atoms. The normalized spacial score (nSPS) is 26.9. The highest BCUT2D eigenvalue weighted by Gasteiger charge is 2.47. The molecule has 6 N–H and O–H groups in total. The van der Waals surface area contributed by atoms with Crippen molar-refractivity contribution in [2.45, 2.75) is 32.2 Å². The van der Waals surface area contributed by atoms with Crippen molar-refractivity contribution >= 4 is 5.91 Å². The number of carbonyl (C=O) groups is 1. The molecule has 2 fully saturated rings. The number of carbonyl (C=O) groups excluding carboxylic acids is 1. The van der Waals surface area contributed by atoms with Gasteiger partial charge in [0.05, 0.1) is 11.2 Å². The van der Waals surface area contributed by atoms with Crippen LogP contribution in [0.5, 0.6) is 0 Å². The van der Waals surface area contributed by atoms with E-state index >= 15 is 0 Å². The summed E-state index contributed by atoms with van der Waals surface area (Å²) in [6.07, 6.45) is 5.88. The molecule has 2 heterocycles. The fourth-order valence-corrected chi connectivity index (χ4v) is 3.80. The first-order valence-electron chi connectivity index (χ1n) is 8.59. The van der Waals surface area contributed by atoms with E-state index in [1.165, 1.54) is 0 Å². The monoisotopic (exact) mass is 337 g/mol. The van der Waals surface area contributed by atoms with Crippen LogP contribution in [0.1, 0.15) is 26.2 Å². The molecule has 0 saturated carbocycles. The molecule has 7 heteroatoms. The number of allylic oxidation sites excluding steroid dienone is 3. The molecule has 1 unspecified atom stereocenters. The van der Waals surface area contributed by atoms with E-state index < -0.39 is 5.41 Å². The Morgan fingerprint density at radius 3 is 2.38 bits per heavy atom. The van der Waals surface area contributed by atoms with E-state index in [2.05, 4.69) is 16.8 Å². The number of hydrogen-bond acceptors (Lipinski definition) is 6. The summed E-state index contributed by atoms with van der Waals surface area (Å²) in [5.41, 5.74) is 17.9. The van der Waals surface area contributed by atoms with Gasteiger partial charge in [0.1, 0.15) is 0 Å². The predicted molar refractivity (Wildman–Crippen MR) is 94.5 cm³/mol. The number of nitrogens with zero attached hydrogens (tertiary/aromatic N) is 2. The predicted octanol–water partition coefficient (Wildman–Crippen LogP) is -0.0628. The molecule has 136 valence electrons. The molecule has 0 aliphatic carbocycles. The molecule has 0 spiro atoms. The van der Waals surface area contributed by atoms with E-state index in [0.717, 1.165) is 31.8 Å². The van der Waals surface area contributed by atoms with Crippen LogP contribution in [-0.2, 0) is 9.53 Å². The maximum absolute atomic E-state index is 12.3. The van der Waals surface area contributed by atoms with Crippen LogP contribution in [0.15, 0.2) is 23.7 Å². The van der Waals surface area contributed by atoms with Crippen molar-refractivity contribution in [1.82, 2.24) is 9.80 Å². The van der Waals surface area contributed by atoms with Crippen LogP contribution in [0.4, 0.5) is 0 Å². The highest BCUT2D eigenvalue weighted by Crippen LogP contribution is 2.38. The molecule has 24 heavy (non-hydrogen) atoms. The zero-order valence-electron chi connectivity index (χ0n) is 14.8. The number of hydrogen-bond donors (Lipinski definition) is 3. The lowest BCUT2D eigenvalue weighted by Crippen LogP contribution is -2.55. The summed E-state index contributed by atoms with van der Waals surface area (Å²) >= 11 is 0. The molecule has 2 rings (SSSR count). The lowest BCUT2D eigenvalue weighted by molar-refractivity contribution is -0.139. The van der Waals surface area contributed by atoms with Crippen molar-refractivity contribution in [2.75, 3.05) is 39.9 Å². The smallest absolute Gasteiger partial charge is 0.225 e. The maximum atomic E-state index is 12.3. The van der Waals surface area contributed by atoms with Gasteiger partial charge in [0.2, 0.25) is 5.91 Å². The molecule has 1 amide bonds. The van der Waals surface area contributed by atoms with Gasteiger partial charge in [-0.15, -0.1) is 0 Å². The summed E-state index contributed by atoms with van der Waals surface area (Å²) < 4.78 is 5.46. The minimum absolute atomic E-state index is 0.114. The van der Waals surface area contributed by atoms with E-state index in [-0.39, 0.29) is 11.9 Å². The lowest BCUT2D eigenvalue weighted by atomic mass is 9.71. The van der Waals surface area contributed by atoms with Crippen LogP contribution in [0.2, 0.25) is 0 Å². The number of ether oxygens (including phenoxy) is 1. The number of amides is 1. The third kappa shape index (κ3) is 4.02. The molecule has 0 aromatic rings. The molecule has 7 nitrogen and oxygen atoms in total. The van der Waals surface area contributed by atoms with Crippen molar-refractivity contribution in [3.8, 4) is 0 Å². The zero-order valence-corrected chi connectivity index (χ0v) is 14.8. The molecule has 0 radical (unpaired) electrons. The second kappa shape index (κ2) is 7.90. The summed E-state index contributed by atoms with van der Waals surface area (Å²) in [5, 5.41) is 0. The second-order valence-electron chi connectivity index (χ2n) is 6.91. The quantitative estimate of drug-likeness (QED) is 0.620. The van der Waals surface area contributed by atoms with E-state index in [9.17, 15) is 4.79 Å². The fourth-order valence-electron chi connectivity index (χ4n) is 3.80. The van der Waals surface area contributed by atoms with E-state index in [4.69, 9.17) is 21.9 Å². The number of rotatable bonds is 4. The average molecular weight is 337 g/mol. The van der Waals surface area contributed by atoms with Crippen molar-refractivity contribution in [3.05, 3.63) is 23.7 Å².